The van der Waals surface area contributed by atoms with Crippen molar-refractivity contribution in [2.45, 2.75) is 75.5 Å². The summed E-state index contributed by atoms with van der Waals surface area (Å²) >= 11 is 0. The highest BCUT2D eigenvalue weighted by Gasteiger charge is 2.35. The third kappa shape index (κ3) is 4.78. The van der Waals surface area contributed by atoms with Gasteiger partial charge in [0.1, 0.15) is 5.82 Å². The molecule has 3 rings (SSSR count). The number of aliphatic hydroxyl groups is 1. The van der Waals surface area contributed by atoms with Gasteiger partial charge in [-0.3, -0.25) is 4.79 Å². The van der Waals surface area contributed by atoms with Gasteiger partial charge in [-0.2, -0.15) is 4.98 Å². The molecule has 2 fully saturated rings. The number of hydrogen-bond donors (Lipinski definition) is 4. The largest absolute Gasteiger partial charge is 0.393 e. The average Bonchev–Trinajstić information content (AvgIpc) is 2.57. The second kappa shape index (κ2) is 7.69. The quantitative estimate of drug-likeness (QED) is 0.633. The molecule has 0 aliphatic heterocycles. The molecule has 0 radical (unpaired) electrons. The molecule has 26 heavy (non-hydrogen) atoms. The molecule has 2 aliphatic rings. The molecule has 2 atom stereocenters. The van der Waals surface area contributed by atoms with E-state index >= 15 is 0 Å². The number of nitrogens with one attached hydrogen (secondary N) is 2. The topological polar surface area (TPSA) is 113 Å². The predicted molar refractivity (Wildman–Crippen MR) is 93.3 cm³/mol. The number of nitrogens with two attached hydrogens (primary N) is 1. The van der Waals surface area contributed by atoms with Crippen LogP contribution in [0.4, 0.5) is 20.5 Å². The summed E-state index contributed by atoms with van der Waals surface area (Å²) in [6.45, 7) is 0. The van der Waals surface area contributed by atoms with Crippen molar-refractivity contribution in [2.24, 2.45) is 5.73 Å². The van der Waals surface area contributed by atoms with E-state index in [9.17, 15) is 18.7 Å². The highest BCUT2D eigenvalue weighted by molar-refractivity contribution is 5.97. The average molecular weight is 369 g/mol. The zero-order valence-electron chi connectivity index (χ0n) is 14.5. The minimum Gasteiger partial charge on any atom is -0.393 e. The van der Waals surface area contributed by atoms with Gasteiger partial charge < -0.3 is 21.5 Å². The van der Waals surface area contributed by atoms with Crippen LogP contribution in [0.25, 0.3) is 0 Å². The van der Waals surface area contributed by atoms with Gasteiger partial charge in [-0.15, -0.1) is 0 Å². The Balaban J connectivity index is 1.70. The van der Waals surface area contributed by atoms with Crippen LogP contribution in [0, 0.1) is 0 Å². The van der Waals surface area contributed by atoms with E-state index in [0.29, 0.717) is 25.1 Å². The van der Waals surface area contributed by atoms with Crippen LogP contribution >= 0.6 is 0 Å². The lowest BCUT2D eigenvalue weighted by Crippen LogP contribution is -2.33. The number of primary amides is 1. The lowest BCUT2D eigenvalue weighted by atomic mass is 9.92. The Labute approximate surface area is 150 Å². The first kappa shape index (κ1) is 18.8. The van der Waals surface area contributed by atoms with Crippen molar-refractivity contribution in [3.8, 4) is 0 Å². The van der Waals surface area contributed by atoms with Gasteiger partial charge in [0.15, 0.2) is 0 Å². The molecule has 144 valence electrons. The van der Waals surface area contributed by atoms with Crippen molar-refractivity contribution in [3.63, 3.8) is 0 Å². The van der Waals surface area contributed by atoms with Crippen molar-refractivity contribution >= 4 is 17.7 Å². The molecule has 7 nitrogen and oxygen atoms in total. The lowest BCUT2D eigenvalue weighted by Gasteiger charge is -2.29. The first-order valence-electron chi connectivity index (χ1n) is 9.08. The zero-order chi connectivity index (χ0) is 18.7. The van der Waals surface area contributed by atoms with E-state index in [1.807, 2.05) is 0 Å². The second-order valence-corrected chi connectivity index (χ2v) is 7.26. The summed E-state index contributed by atoms with van der Waals surface area (Å²) < 4.78 is 26.5. The first-order chi connectivity index (χ1) is 12.3. The molecule has 1 aromatic heterocycles. The van der Waals surface area contributed by atoms with Crippen LogP contribution in [-0.2, 0) is 0 Å². The Kier molecular flexibility index (Phi) is 5.55. The van der Waals surface area contributed by atoms with Crippen molar-refractivity contribution in [1.82, 2.24) is 9.97 Å². The van der Waals surface area contributed by atoms with Gasteiger partial charge >= 0.3 is 0 Å². The van der Waals surface area contributed by atoms with Crippen LogP contribution in [0.15, 0.2) is 6.20 Å². The number of aliphatic hydroxyl groups excluding tert-OH is 1. The fourth-order valence-electron chi connectivity index (χ4n) is 3.60. The standard InChI is InChI=1S/C17H25F2N5O2/c18-17(19)6-4-10(5-7-17)23-16-21-9-13(14(20)26)15(24-16)22-11-2-1-3-12(25)8-11/h9-12,25H,1-8H2,(H2,20,26)(H2,21,22,23,24)/t11?,12-/m0/s1. The van der Waals surface area contributed by atoms with E-state index in [0.717, 1.165) is 19.3 Å². The molecule has 0 aromatic carbocycles. The highest BCUT2D eigenvalue weighted by Crippen LogP contribution is 2.34. The summed E-state index contributed by atoms with van der Waals surface area (Å²) in [7, 11) is 0. The van der Waals surface area contributed by atoms with E-state index in [4.69, 9.17) is 5.73 Å². The van der Waals surface area contributed by atoms with Gasteiger partial charge in [0.25, 0.3) is 5.91 Å². The van der Waals surface area contributed by atoms with Crippen molar-refractivity contribution in [2.75, 3.05) is 10.6 Å². The van der Waals surface area contributed by atoms with Gasteiger partial charge in [0.05, 0.1) is 11.7 Å². The van der Waals surface area contributed by atoms with Crippen molar-refractivity contribution in [1.29, 1.82) is 0 Å². The summed E-state index contributed by atoms with van der Waals surface area (Å²) in [5.41, 5.74) is 5.57. The van der Waals surface area contributed by atoms with Crippen LogP contribution in [0.2, 0.25) is 0 Å². The van der Waals surface area contributed by atoms with Gasteiger partial charge in [-0.25, -0.2) is 13.8 Å². The minimum absolute atomic E-state index is 0.00651. The fourth-order valence-corrected chi connectivity index (χ4v) is 3.60. The number of hydrogen-bond acceptors (Lipinski definition) is 6. The third-order valence-corrected chi connectivity index (χ3v) is 5.09. The van der Waals surface area contributed by atoms with E-state index in [2.05, 4.69) is 20.6 Å². The van der Waals surface area contributed by atoms with Gasteiger partial charge in [-0.05, 0) is 38.5 Å². The van der Waals surface area contributed by atoms with E-state index in [-0.39, 0.29) is 42.5 Å². The first-order valence-corrected chi connectivity index (χ1v) is 9.08. The number of carbonyl (C=O) groups is 1. The number of carbonyl (C=O) groups excluding carboxylic acids is 1. The molecule has 1 amide bonds. The molecule has 2 aliphatic carbocycles. The molecular formula is C17H25F2N5O2. The van der Waals surface area contributed by atoms with Crippen LogP contribution < -0.4 is 16.4 Å². The number of alkyl halides is 2. The zero-order valence-corrected chi connectivity index (χ0v) is 14.5. The molecule has 0 spiro atoms. The minimum atomic E-state index is -2.59. The van der Waals surface area contributed by atoms with Gasteiger partial charge in [-0.1, -0.05) is 0 Å². The Morgan fingerprint density at radius 1 is 1.19 bits per heavy atom. The number of rotatable bonds is 5. The molecule has 0 bridgehead atoms. The normalized spacial score (nSPS) is 26.3. The van der Waals surface area contributed by atoms with Crippen LogP contribution in [0.3, 0.4) is 0 Å². The maximum Gasteiger partial charge on any atom is 0.254 e. The monoisotopic (exact) mass is 369 g/mol. The van der Waals surface area contributed by atoms with E-state index in [1.54, 1.807) is 0 Å². The second-order valence-electron chi connectivity index (χ2n) is 7.26. The number of halogens is 2. The van der Waals surface area contributed by atoms with Crippen LogP contribution in [0.1, 0.15) is 61.7 Å². The van der Waals surface area contributed by atoms with Crippen molar-refractivity contribution in [3.05, 3.63) is 11.8 Å². The molecule has 1 heterocycles. The predicted octanol–water partition coefficient (Wildman–Crippen LogP) is 2.28. The summed E-state index contributed by atoms with van der Waals surface area (Å²) in [4.78, 5) is 20.1. The number of anilines is 2. The Bertz CT molecular complexity index is 648. The number of aromatic nitrogens is 2. The van der Waals surface area contributed by atoms with Crippen LogP contribution in [0.5, 0.6) is 0 Å². The molecule has 1 unspecified atom stereocenters. The van der Waals surface area contributed by atoms with E-state index in [1.165, 1.54) is 6.20 Å². The molecule has 2 saturated carbocycles. The van der Waals surface area contributed by atoms with E-state index < -0.39 is 11.8 Å². The third-order valence-electron chi connectivity index (χ3n) is 5.09. The Hall–Kier alpha value is -2.03. The summed E-state index contributed by atoms with van der Waals surface area (Å²) in [5, 5.41) is 16.1. The maximum absolute atomic E-state index is 13.3. The molecular weight excluding hydrogens is 344 g/mol. The maximum atomic E-state index is 13.3. The Morgan fingerprint density at radius 3 is 2.58 bits per heavy atom. The van der Waals surface area contributed by atoms with Gasteiger partial charge in [0, 0.05) is 31.1 Å². The molecule has 5 N–H and O–H groups in total. The summed E-state index contributed by atoms with van der Waals surface area (Å²) in [6, 6.07) is -0.133. The molecule has 9 heteroatoms. The molecule has 1 aromatic rings. The number of amides is 1. The smallest absolute Gasteiger partial charge is 0.254 e. The van der Waals surface area contributed by atoms with Gasteiger partial charge in [0.2, 0.25) is 11.9 Å². The fraction of sp³-hybridized carbons (Fsp3) is 0.706. The number of nitrogens with zero attached hydrogens (tertiary/aromatic N) is 2. The lowest BCUT2D eigenvalue weighted by molar-refractivity contribution is -0.0361. The summed E-state index contributed by atoms with van der Waals surface area (Å²) in [5.74, 6) is -2.64. The summed E-state index contributed by atoms with van der Waals surface area (Å²) in [6.07, 6.45) is 4.42. The SMILES string of the molecule is NC(=O)c1cnc(NC2CCC(F)(F)CC2)nc1NC1CCC[C@H](O)C1. The van der Waals surface area contributed by atoms with Crippen LogP contribution in [-0.4, -0.2) is 45.1 Å². The Morgan fingerprint density at radius 2 is 1.92 bits per heavy atom. The highest BCUT2D eigenvalue weighted by atomic mass is 19.3. The van der Waals surface area contributed by atoms with Crippen molar-refractivity contribution < 1.29 is 18.7 Å². The molecule has 0 saturated heterocycles.